The van der Waals surface area contributed by atoms with E-state index in [2.05, 4.69) is 15.6 Å². The van der Waals surface area contributed by atoms with Gasteiger partial charge in [-0.1, -0.05) is 18.2 Å². The van der Waals surface area contributed by atoms with Crippen LogP contribution in [-0.2, 0) is 4.79 Å². The van der Waals surface area contributed by atoms with Crippen molar-refractivity contribution in [1.82, 2.24) is 10.3 Å². The molecule has 1 aliphatic heterocycles. The Bertz CT molecular complexity index is 611. The Morgan fingerprint density at radius 1 is 1.45 bits per heavy atom. The first-order valence-electron chi connectivity index (χ1n) is 6.77. The van der Waals surface area contributed by atoms with Gasteiger partial charge in [0.25, 0.3) is 0 Å². The van der Waals surface area contributed by atoms with Crippen molar-refractivity contribution in [2.45, 2.75) is 12.5 Å². The van der Waals surface area contributed by atoms with Gasteiger partial charge in [-0.15, -0.1) is 0 Å². The zero-order valence-corrected chi connectivity index (χ0v) is 12.0. The first-order chi connectivity index (χ1) is 9.81. The molecule has 0 saturated carbocycles. The highest BCUT2D eigenvalue weighted by molar-refractivity contribution is 7.99. The molecule has 1 saturated heterocycles. The third-order valence-electron chi connectivity index (χ3n) is 3.30. The number of carbonyl (C=O) groups is 1. The minimum Gasteiger partial charge on any atom is -0.325 e. The number of anilines is 1. The summed E-state index contributed by atoms with van der Waals surface area (Å²) in [4.78, 5) is 16.4. The summed E-state index contributed by atoms with van der Waals surface area (Å²) in [6, 6.07) is 10.1. The van der Waals surface area contributed by atoms with Crippen LogP contribution in [0.4, 0.5) is 5.69 Å². The molecular weight excluding hydrogens is 270 g/mol. The molecule has 104 valence electrons. The number of rotatable bonds is 3. The summed E-state index contributed by atoms with van der Waals surface area (Å²) in [5, 5.41) is 7.34. The van der Waals surface area contributed by atoms with Gasteiger partial charge in [0.1, 0.15) is 0 Å². The highest BCUT2D eigenvalue weighted by atomic mass is 32.2. The zero-order valence-electron chi connectivity index (χ0n) is 11.1. The number of pyridine rings is 1. The molecule has 1 amide bonds. The molecule has 1 atom stereocenters. The van der Waals surface area contributed by atoms with Crippen LogP contribution in [0.1, 0.15) is 6.42 Å². The number of carbonyl (C=O) groups excluding carboxylic acids is 1. The smallest absolute Gasteiger partial charge is 0.226 e. The number of aromatic nitrogens is 1. The van der Waals surface area contributed by atoms with Gasteiger partial charge in [0, 0.05) is 35.9 Å². The van der Waals surface area contributed by atoms with Gasteiger partial charge in [-0.3, -0.25) is 9.78 Å². The van der Waals surface area contributed by atoms with Crippen LogP contribution >= 0.6 is 11.8 Å². The second-order valence-corrected chi connectivity index (χ2v) is 6.04. The lowest BCUT2D eigenvalue weighted by Gasteiger charge is -2.22. The van der Waals surface area contributed by atoms with Crippen LogP contribution in [0.2, 0.25) is 0 Å². The van der Waals surface area contributed by atoms with E-state index in [1.807, 2.05) is 42.1 Å². The van der Waals surface area contributed by atoms with Crippen molar-refractivity contribution in [3.05, 3.63) is 36.5 Å². The maximum Gasteiger partial charge on any atom is 0.226 e. The minimum atomic E-state index is 0.0436. The predicted molar refractivity (Wildman–Crippen MR) is 84.1 cm³/mol. The van der Waals surface area contributed by atoms with Crippen LogP contribution in [0, 0.1) is 0 Å². The number of fused-ring (bicyclic) bond motifs is 1. The van der Waals surface area contributed by atoms with Crippen molar-refractivity contribution in [3.63, 3.8) is 0 Å². The van der Waals surface area contributed by atoms with Crippen molar-refractivity contribution in [2.24, 2.45) is 0 Å². The Morgan fingerprint density at radius 2 is 2.35 bits per heavy atom. The van der Waals surface area contributed by atoms with Crippen LogP contribution in [0.3, 0.4) is 0 Å². The average Bonchev–Trinajstić information content (AvgIpc) is 2.48. The van der Waals surface area contributed by atoms with Crippen LogP contribution in [-0.4, -0.2) is 35.0 Å². The standard InChI is InChI=1S/C15H17N3OS/c19-15(8-13-10-20-6-5-16-13)18-12-7-11-3-1-2-4-14(11)17-9-12/h1-4,7,9,13,16H,5-6,8,10H2,(H,18,19). The lowest BCUT2D eigenvalue weighted by Crippen LogP contribution is -2.39. The summed E-state index contributed by atoms with van der Waals surface area (Å²) >= 11 is 1.90. The number of nitrogens with zero attached hydrogens (tertiary/aromatic N) is 1. The normalized spacial score (nSPS) is 18.9. The number of nitrogens with one attached hydrogen (secondary N) is 2. The SMILES string of the molecule is O=C(CC1CSCCN1)Nc1cnc2ccccc2c1. The summed E-state index contributed by atoms with van der Waals surface area (Å²) in [7, 11) is 0. The van der Waals surface area contributed by atoms with Crippen LogP contribution in [0.5, 0.6) is 0 Å². The maximum absolute atomic E-state index is 12.0. The van der Waals surface area contributed by atoms with Gasteiger partial charge in [-0.05, 0) is 12.1 Å². The van der Waals surface area contributed by atoms with Crippen LogP contribution in [0.25, 0.3) is 10.9 Å². The molecule has 1 aromatic carbocycles. The number of para-hydroxylation sites is 1. The van der Waals surface area contributed by atoms with Crippen LogP contribution < -0.4 is 10.6 Å². The van der Waals surface area contributed by atoms with E-state index in [1.165, 1.54) is 0 Å². The first kappa shape index (κ1) is 13.4. The number of hydrogen-bond donors (Lipinski definition) is 2. The molecule has 1 aliphatic rings. The van der Waals surface area contributed by atoms with E-state index in [4.69, 9.17) is 0 Å². The summed E-state index contributed by atoms with van der Waals surface area (Å²) in [6.45, 7) is 0.986. The van der Waals surface area contributed by atoms with Crippen molar-refractivity contribution in [3.8, 4) is 0 Å². The van der Waals surface area contributed by atoms with E-state index >= 15 is 0 Å². The number of benzene rings is 1. The van der Waals surface area contributed by atoms with Crippen molar-refractivity contribution in [2.75, 3.05) is 23.4 Å². The first-order valence-corrected chi connectivity index (χ1v) is 7.92. The van der Waals surface area contributed by atoms with Gasteiger partial charge in [-0.2, -0.15) is 11.8 Å². The molecule has 3 rings (SSSR count). The lowest BCUT2D eigenvalue weighted by atomic mass is 10.2. The lowest BCUT2D eigenvalue weighted by molar-refractivity contribution is -0.116. The summed E-state index contributed by atoms with van der Waals surface area (Å²) in [6.07, 6.45) is 2.23. The van der Waals surface area contributed by atoms with Gasteiger partial charge in [0.2, 0.25) is 5.91 Å². The number of hydrogen-bond acceptors (Lipinski definition) is 4. The van der Waals surface area contributed by atoms with E-state index in [0.29, 0.717) is 6.42 Å². The third kappa shape index (κ3) is 3.29. The van der Waals surface area contributed by atoms with E-state index in [-0.39, 0.29) is 11.9 Å². The predicted octanol–water partition coefficient (Wildman–Crippen LogP) is 2.27. The Balaban J connectivity index is 1.64. The van der Waals surface area contributed by atoms with Gasteiger partial charge in [-0.25, -0.2) is 0 Å². The minimum absolute atomic E-state index is 0.0436. The molecule has 2 aromatic rings. The fourth-order valence-corrected chi connectivity index (χ4v) is 3.28. The highest BCUT2D eigenvalue weighted by Gasteiger charge is 2.16. The zero-order chi connectivity index (χ0) is 13.8. The molecule has 4 nitrogen and oxygen atoms in total. The second kappa shape index (κ2) is 6.24. The quantitative estimate of drug-likeness (QED) is 0.909. The van der Waals surface area contributed by atoms with Gasteiger partial charge >= 0.3 is 0 Å². The Hall–Kier alpha value is -1.59. The summed E-state index contributed by atoms with van der Waals surface area (Å²) < 4.78 is 0. The van der Waals surface area contributed by atoms with Crippen molar-refractivity contribution >= 4 is 34.3 Å². The third-order valence-corrected chi connectivity index (χ3v) is 4.44. The van der Waals surface area contributed by atoms with Gasteiger partial charge in [0.15, 0.2) is 0 Å². The topological polar surface area (TPSA) is 54.0 Å². The van der Waals surface area contributed by atoms with E-state index in [0.717, 1.165) is 34.6 Å². The largest absolute Gasteiger partial charge is 0.325 e. The fourth-order valence-electron chi connectivity index (χ4n) is 2.33. The molecule has 0 spiro atoms. The van der Waals surface area contributed by atoms with Crippen molar-refractivity contribution < 1.29 is 4.79 Å². The molecule has 0 radical (unpaired) electrons. The molecule has 2 N–H and O–H groups in total. The van der Waals surface area contributed by atoms with E-state index < -0.39 is 0 Å². The molecule has 1 fully saturated rings. The summed E-state index contributed by atoms with van der Waals surface area (Å²) in [5.41, 5.74) is 1.70. The van der Waals surface area contributed by atoms with Gasteiger partial charge < -0.3 is 10.6 Å². The molecule has 1 aromatic heterocycles. The van der Waals surface area contributed by atoms with E-state index in [9.17, 15) is 4.79 Å². The van der Waals surface area contributed by atoms with E-state index in [1.54, 1.807) is 6.20 Å². The molecule has 2 heterocycles. The van der Waals surface area contributed by atoms with Gasteiger partial charge in [0.05, 0.1) is 17.4 Å². The second-order valence-electron chi connectivity index (χ2n) is 4.89. The molecule has 5 heteroatoms. The monoisotopic (exact) mass is 287 g/mol. The molecule has 0 aliphatic carbocycles. The summed E-state index contributed by atoms with van der Waals surface area (Å²) in [5.74, 6) is 2.18. The molecule has 1 unspecified atom stereocenters. The van der Waals surface area contributed by atoms with Crippen LogP contribution in [0.15, 0.2) is 36.5 Å². The molecule has 20 heavy (non-hydrogen) atoms. The van der Waals surface area contributed by atoms with Crippen molar-refractivity contribution in [1.29, 1.82) is 0 Å². The molecular formula is C15H17N3OS. The number of amides is 1. The highest BCUT2D eigenvalue weighted by Crippen LogP contribution is 2.17. The average molecular weight is 287 g/mol. The Morgan fingerprint density at radius 3 is 3.20 bits per heavy atom. The number of thioether (sulfide) groups is 1. The fraction of sp³-hybridized carbons (Fsp3) is 0.333. The maximum atomic E-state index is 12.0. The Labute approximate surface area is 122 Å². The Kier molecular flexibility index (Phi) is 4.18. The molecule has 0 bridgehead atoms.